The van der Waals surface area contributed by atoms with Crippen LogP contribution in [0.4, 0.5) is 0 Å². The Morgan fingerprint density at radius 2 is 2.00 bits per heavy atom. The first-order valence-electron chi connectivity index (χ1n) is 4.63. The van der Waals surface area contributed by atoms with Gasteiger partial charge in [-0.3, -0.25) is 4.99 Å². The minimum Gasteiger partial charge on any atom is -0.257 e. The monoisotopic (exact) mass is 177 g/mol. The van der Waals surface area contributed by atoms with E-state index in [9.17, 15) is 0 Å². The standard InChI is InChI=1S/C12H19N/c1-6-10(3)8-12(5)13-9-11(4)7-2/h7-9H,5-6H2,1-4H3/b10-8+,11-7-,13-9?. The van der Waals surface area contributed by atoms with Crippen molar-refractivity contribution in [3.63, 3.8) is 0 Å². The highest BCUT2D eigenvalue weighted by molar-refractivity contribution is 5.78. The molecular formula is C12H19N. The molecule has 0 aromatic carbocycles. The molecule has 1 heteroatoms. The molecule has 0 amide bonds. The van der Waals surface area contributed by atoms with Crippen LogP contribution in [-0.4, -0.2) is 6.21 Å². The maximum absolute atomic E-state index is 4.22. The lowest BCUT2D eigenvalue weighted by Gasteiger charge is -1.95. The van der Waals surface area contributed by atoms with Gasteiger partial charge in [0.15, 0.2) is 0 Å². The molecule has 72 valence electrons. The Bertz CT molecular complexity index is 254. The first kappa shape index (κ1) is 11.9. The fourth-order valence-corrected chi connectivity index (χ4v) is 0.683. The molecule has 13 heavy (non-hydrogen) atoms. The SMILES string of the molecule is C=C(/C=C(\C)CC)N=C/C(C)=C\C. The van der Waals surface area contributed by atoms with Crippen LogP contribution < -0.4 is 0 Å². The van der Waals surface area contributed by atoms with Crippen molar-refractivity contribution in [1.29, 1.82) is 0 Å². The molecule has 1 nitrogen and oxygen atoms in total. The number of allylic oxidation sites excluding steroid dienone is 4. The largest absolute Gasteiger partial charge is 0.257 e. The summed E-state index contributed by atoms with van der Waals surface area (Å²) in [5.41, 5.74) is 3.28. The summed E-state index contributed by atoms with van der Waals surface area (Å²) in [6, 6.07) is 0. The summed E-state index contributed by atoms with van der Waals surface area (Å²) in [7, 11) is 0. The highest BCUT2D eigenvalue weighted by Crippen LogP contribution is 2.04. The van der Waals surface area contributed by atoms with Crippen molar-refractivity contribution in [1.82, 2.24) is 0 Å². The fraction of sp³-hybridized carbons (Fsp3) is 0.417. The van der Waals surface area contributed by atoms with Gasteiger partial charge >= 0.3 is 0 Å². The zero-order valence-electron chi connectivity index (χ0n) is 9.09. The molecule has 0 aromatic rings. The maximum atomic E-state index is 4.22. The van der Waals surface area contributed by atoms with Crippen LogP contribution in [0.15, 0.2) is 40.6 Å². The van der Waals surface area contributed by atoms with Gasteiger partial charge in [0.1, 0.15) is 0 Å². The van der Waals surface area contributed by atoms with E-state index in [2.05, 4.69) is 25.4 Å². The lowest BCUT2D eigenvalue weighted by atomic mass is 10.2. The Morgan fingerprint density at radius 3 is 2.46 bits per heavy atom. The molecule has 0 saturated carbocycles. The van der Waals surface area contributed by atoms with Crippen LogP contribution in [0.5, 0.6) is 0 Å². The highest BCUT2D eigenvalue weighted by atomic mass is 14.7. The third kappa shape index (κ3) is 6.09. The van der Waals surface area contributed by atoms with Crippen LogP contribution in [-0.2, 0) is 0 Å². The highest BCUT2D eigenvalue weighted by Gasteiger charge is 1.86. The van der Waals surface area contributed by atoms with E-state index in [1.165, 1.54) is 5.57 Å². The van der Waals surface area contributed by atoms with Crippen molar-refractivity contribution in [2.75, 3.05) is 0 Å². The third-order valence-electron chi connectivity index (χ3n) is 1.86. The molecular weight excluding hydrogens is 158 g/mol. The lowest BCUT2D eigenvalue weighted by molar-refractivity contribution is 1.09. The minimum absolute atomic E-state index is 0.820. The Labute approximate surface area is 81.6 Å². The second-order valence-electron chi connectivity index (χ2n) is 3.13. The first-order valence-corrected chi connectivity index (χ1v) is 4.63. The van der Waals surface area contributed by atoms with Gasteiger partial charge in [-0.05, 0) is 38.8 Å². The molecule has 0 fully saturated rings. The van der Waals surface area contributed by atoms with Crippen LogP contribution in [0.1, 0.15) is 34.1 Å². The molecule has 0 aliphatic carbocycles. The van der Waals surface area contributed by atoms with Crippen molar-refractivity contribution in [2.45, 2.75) is 34.1 Å². The van der Waals surface area contributed by atoms with E-state index >= 15 is 0 Å². The van der Waals surface area contributed by atoms with Crippen LogP contribution >= 0.6 is 0 Å². The molecule has 0 aliphatic heterocycles. The van der Waals surface area contributed by atoms with Crippen LogP contribution in [0.25, 0.3) is 0 Å². The van der Waals surface area contributed by atoms with E-state index in [1.54, 1.807) is 0 Å². The molecule has 0 saturated heterocycles. The normalized spacial score (nSPS) is 13.8. The molecule has 0 N–H and O–H groups in total. The van der Waals surface area contributed by atoms with Crippen molar-refractivity contribution >= 4 is 6.21 Å². The molecule has 0 spiro atoms. The van der Waals surface area contributed by atoms with Crippen LogP contribution in [0.3, 0.4) is 0 Å². The van der Waals surface area contributed by atoms with Gasteiger partial charge in [-0.2, -0.15) is 0 Å². The van der Waals surface area contributed by atoms with Gasteiger partial charge in [-0.25, -0.2) is 0 Å². The van der Waals surface area contributed by atoms with Gasteiger partial charge in [0.05, 0.1) is 5.70 Å². The first-order chi connectivity index (χ1) is 6.10. The Morgan fingerprint density at radius 1 is 1.38 bits per heavy atom. The lowest BCUT2D eigenvalue weighted by Crippen LogP contribution is -1.79. The number of rotatable bonds is 4. The van der Waals surface area contributed by atoms with E-state index in [4.69, 9.17) is 0 Å². The molecule has 0 radical (unpaired) electrons. The van der Waals surface area contributed by atoms with E-state index in [-0.39, 0.29) is 0 Å². The zero-order chi connectivity index (χ0) is 10.3. The second-order valence-corrected chi connectivity index (χ2v) is 3.13. The van der Waals surface area contributed by atoms with Crippen LogP contribution in [0, 0.1) is 0 Å². The number of aliphatic imine (C=N–C) groups is 1. The van der Waals surface area contributed by atoms with Crippen molar-refractivity contribution in [2.24, 2.45) is 4.99 Å². The van der Waals surface area contributed by atoms with Gasteiger partial charge in [0.2, 0.25) is 0 Å². The average Bonchev–Trinajstić information content (AvgIpc) is 2.13. The maximum Gasteiger partial charge on any atom is 0.0557 e. The Hall–Kier alpha value is -1.11. The molecule has 0 rings (SSSR count). The summed E-state index contributed by atoms with van der Waals surface area (Å²) < 4.78 is 0. The summed E-state index contributed by atoms with van der Waals surface area (Å²) in [6.07, 6.45) is 6.92. The minimum atomic E-state index is 0.820. The summed E-state index contributed by atoms with van der Waals surface area (Å²) >= 11 is 0. The van der Waals surface area contributed by atoms with Crippen molar-refractivity contribution < 1.29 is 0 Å². The zero-order valence-corrected chi connectivity index (χ0v) is 9.09. The van der Waals surface area contributed by atoms with Gasteiger partial charge < -0.3 is 0 Å². The quantitative estimate of drug-likeness (QED) is 0.456. The predicted molar refractivity (Wildman–Crippen MR) is 61.1 cm³/mol. The summed E-state index contributed by atoms with van der Waals surface area (Å²) in [5, 5.41) is 0. The third-order valence-corrected chi connectivity index (χ3v) is 1.86. The summed E-state index contributed by atoms with van der Waals surface area (Å²) in [5.74, 6) is 0. The van der Waals surface area contributed by atoms with Crippen molar-refractivity contribution in [3.05, 3.63) is 35.6 Å². The average molecular weight is 177 g/mol. The van der Waals surface area contributed by atoms with E-state index in [1.807, 2.05) is 32.2 Å². The summed E-state index contributed by atoms with van der Waals surface area (Å²) in [4.78, 5) is 4.22. The molecule has 0 aliphatic rings. The molecule has 0 unspecified atom stereocenters. The molecule has 0 atom stereocenters. The summed E-state index contributed by atoms with van der Waals surface area (Å²) in [6.45, 7) is 12.1. The Balaban J connectivity index is 4.25. The topological polar surface area (TPSA) is 12.4 Å². The van der Waals surface area contributed by atoms with Gasteiger partial charge in [-0.1, -0.05) is 25.2 Å². The van der Waals surface area contributed by atoms with Gasteiger partial charge in [-0.15, -0.1) is 0 Å². The van der Waals surface area contributed by atoms with Crippen LogP contribution in [0.2, 0.25) is 0 Å². The number of hydrogen-bond acceptors (Lipinski definition) is 1. The van der Waals surface area contributed by atoms with Crippen molar-refractivity contribution in [3.8, 4) is 0 Å². The van der Waals surface area contributed by atoms with Gasteiger partial charge in [0, 0.05) is 6.21 Å². The number of hydrogen-bond donors (Lipinski definition) is 0. The second kappa shape index (κ2) is 6.41. The smallest absolute Gasteiger partial charge is 0.0557 e. The molecule has 0 heterocycles. The predicted octanol–water partition coefficient (Wildman–Crippen LogP) is 3.89. The molecule has 0 bridgehead atoms. The number of nitrogens with zero attached hydrogens (tertiary/aromatic N) is 1. The molecule has 0 aromatic heterocycles. The van der Waals surface area contributed by atoms with E-state index in [0.29, 0.717) is 0 Å². The van der Waals surface area contributed by atoms with E-state index < -0.39 is 0 Å². The fourth-order valence-electron chi connectivity index (χ4n) is 0.683. The van der Waals surface area contributed by atoms with Gasteiger partial charge in [0.25, 0.3) is 0 Å². The van der Waals surface area contributed by atoms with E-state index in [0.717, 1.165) is 17.7 Å². The Kier molecular flexibility index (Phi) is 5.86.